The number of allylic oxidation sites excluding steroid dienone is 5. The van der Waals surface area contributed by atoms with Crippen LogP contribution >= 0.6 is 0 Å². The average molecular weight is 194 g/mol. The maximum Gasteiger partial charge on any atom is 0.0999 e. The molecule has 14 heavy (non-hydrogen) atoms. The monoisotopic (exact) mass is 194 g/mol. The van der Waals surface area contributed by atoms with Crippen LogP contribution in [-0.4, -0.2) is 18.8 Å². The lowest BCUT2D eigenvalue weighted by molar-refractivity contribution is 0.272. The van der Waals surface area contributed by atoms with Gasteiger partial charge in [0.05, 0.1) is 19.5 Å². The summed E-state index contributed by atoms with van der Waals surface area (Å²) in [7, 11) is 1.67. The van der Waals surface area contributed by atoms with Gasteiger partial charge < -0.3 is 9.84 Å². The highest BCUT2D eigenvalue weighted by molar-refractivity contribution is 5.34. The van der Waals surface area contributed by atoms with E-state index in [1.165, 1.54) is 5.57 Å². The van der Waals surface area contributed by atoms with Crippen LogP contribution in [0.3, 0.4) is 0 Å². The molecule has 0 aromatic heterocycles. The highest BCUT2D eigenvalue weighted by Crippen LogP contribution is 2.22. The van der Waals surface area contributed by atoms with Crippen molar-refractivity contribution in [3.05, 3.63) is 35.1 Å². The van der Waals surface area contributed by atoms with E-state index >= 15 is 0 Å². The van der Waals surface area contributed by atoms with Crippen LogP contribution in [0.1, 0.15) is 20.3 Å². The smallest absolute Gasteiger partial charge is 0.0999 e. The fourth-order valence-electron chi connectivity index (χ4n) is 1.38. The second-order valence-corrected chi connectivity index (χ2v) is 3.80. The molecular weight excluding hydrogens is 176 g/mol. The van der Waals surface area contributed by atoms with Gasteiger partial charge in [0, 0.05) is 6.42 Å². The van der Waals surface area contributed by atoms with Gasteiger partial charge in [-0.2, -0.15) is 0 Å². The van der Waals surface area contributed by atoms with Crippen molar-refractivity contribution in [3.8, 4) is 0 Å². The van der Waals surface area contributed by atoms with E-state index in [0.717, 1.165) is 11.3 Å². The highest BCUT2D eigenvalue weighted by atomic mass is 16.5. The van der Waals surface area contributed by atoms with Crippen LogP contribution in [0, 0.1) is 5.92 Å². The van der Waals surface area contributed by atoms with E-state index in [9.17, 15) is 0 Å². The lowest BCUT2D eigenvalue weighted by Crippen LogP contribution is -1.95. The molecule has 0 fully saturated rings. The summed E-state index contributed by atoms with van der Waals surface area (Å²) in [6.45, 7) is 4.39. The molecule has 0 aromatic carbocycles. The zero-order chi connectivity index (χ0) is 10.6. The Kier molecular flexibility index (Phi) is 3.96. The summed E-state index contributed by atoms with van der Waals surface area (Å²) < 4.78 is 5.25. The zero-order valence-corrected chi connectivity index (χ0v) is 9.08. The standard InChI is InChI=1S/C12H18O2/c1-9(2)11-5-4-10(8-13)6-12(7-11)14-3/h4-5,7,9,13H,6,8H2,1-3H3. The Balaban J connectivity index is 2.94. The Morgan fingerprint density at radius 3 is 2.64 bits per heavy atom. The van der Waals surface area contributed by atoms with Crippen LogP contribution in [0.2, 0.25) is 0 Å². The van der Waals surface area contributed by atoms with Crippen molar-refractivity contribution in [2.75, 3.05) is 13.7 Å². The third-order valence-corrected chi connectivity index (χ3v) is 2.37. The van der Waals surface area contributed by atoms with E-state index in [1.807, 2.05) is 6.08 Å². The summed E-state index contributed by atoms with van der Waals surface area (Å²) in [6.07, 6.45) is 6.81. The van der Waals surface area contributed by atoms with Gasteiger partial charge in [-0.25, -0.2) is 0 Å². The van der Waals surface area contributed by atoms with Gasteiger partial charge in [0.25, 0.3) is 0 Å². The first-order valence-corrected chi connectivity index (χ1v) is 4.92. The molecule has 0 spiro atoms. The minimum absolute atomic E-state index is 0.0998. The number of aliphatic hydroxyl groups excluding tert-OH is 1. The summed E-state index contributed by atoms with van der Waals surface area (Å²) in [4.78, 5) is 0. The Bertz CT molecular complexity index is 283. The van der Waals surface area contributed by atoms with Crippen molar-refractivity contribution in [2.24, 2.45) is 5.92 Å². The van der Waals surface area contributed by atoms with Gasteiger partial charge >= 0.3 is 0 Å². The predicted molar refractivity (Wildman–Crippen MR) is 57.8 cm³/mol. The summed E-state index contributed by atoms with van der Waals surface area (Å²) in [5, 5.41) is 9.07. The fourth-order valence-corrected chi connectivity index (χ4v) is 1.38. The largest absolute Gasteiger partial charge is 0.501 e. The van der Waals surface area contributed by atoms with Crippen LogP contribution in [0.5, 0.6) is 0 Å². The van der Waals surface area contributed by atoms with Crippen molar-refractivity contribution < 1.29 is 9.84 Å². The van der Waals surface area contributed by atoms with Crippen molar-refractivity contribution in [2.45, 2.75) is 20.3 Å². The molecule has 0 saturated carbocycles. The molecule has 0 radical (unpaired) electrons. The lowest BCUT2D eigenvalue weighted by Gasteiger charge is -2.08. The van der Waals surface area contributed by atoms with Crippen LogP contribution in [-0.2, 0) is 4.74 Å². The first-order chi connectivity index (χ1) is 6.67. The first-order valence-electron chi connectivity index (χ1n) is 4.92. The molecule has 1 aliphatic rings. The second-order valence-electron chi connectivity index (χ2n) is 3.80. The Morgan fingerprint density at radius 2 is 2.14 bits per heavy atom. The number of methoxy groups -OCH3 is 1. The molecule has 0 saturated heterocycles. The summed E-state index contributed by atoms with van der Waals surface area (Å²) in [6, 6.07) is 0. The van der Waals surface area contributed by atoms with Gasteiger partial charge in [-0.1, -0.05) is 26.0 Å². The van der Waals surface area contributed by atoms with Crippen LogP contribution in [0.15, 0.2) is 35.1 Å². The molecule has 0 aliphatic heterocycles. The number of rotatable bonds is 3. The Hall–Kier alpha value is -1.02. The molecular formula is C12H18O2. The number of aliphatic hydroxyl groups is 1. The molecule has 0 unspecified atom stereocenters. The molecule has 0 bridgehead atoms. The van der Waals surface area contributed by atoms with Crippen molar-refractivity contribution in [1.29, 1.82) is 0 Å². The van der Waals surface area contributed by atoms with Gasteiger partial charge in [0.2, 0.25) is 0 Å². The SMILES string of the molecule is COC1=CC(C(C)C)=CC=C(CO)C1. The molecule has 2 heteroatoms. The van der Waals surface area contributed by atoms with E-state index in [2.05, 4.69) is 26.0 Å². The maximum absolute atomic E-state index is 9.07. The van der Waals surface area contributed by atoms with Crippen LogP contribution in [0.4, 0.5) is 0 Å². The minimum atomic E-state index is 0.0998. The quantitative estimate of drug-likeness (QED) is 0.747. The van der Waals surface area contributed by atoms with Gasteiger partial charge in [0.1, 0.15) is 0 Å². The molecule has 0 amide bonds. The maximum atomic E-state index is 9.07. The van der Waals surface area contributed by atoms with Crippen molar-refractivity contribution in [3.63, 3.8) is 0 Å². The molecule has 0 heterocycles. The fraction of sp³-hybridized carbons (Fsp3) is 0.500. The van der Waals surface area contributed by atoms with E-state index in [1.54, 1.807) is 7.11 Å². The second kappa shape index (κ2) is 5.01. The van der Waals surface area contributed by atoms with Crippen molar-refractivity contribution in [1.82, 2.24) is 0 Å². The predicted octanol–water partition coefficient (Wildman–Crippen LogP) is 2.42. The number of hydrogen-bond donors (Lipinski definition) is 1. The van der Waals surface area contributed by atoms with Gasteiger partial charge in [-0.3, -0.25) is 0 Å². The molecule has 2 nitrogen and oxygen atoms in total. The average Bonchev–Trinajstić information content (AvgIpc) is 2.39. The first kappa shape index (κ1) is 11.1. The number of ether oxygens (including phenoxy) is 1. The summed E-state index contributed by atoms with van der Waals surface area (Å²) >= 11 is 0. The van der Waals surface area contributed by atoms with Crippen molar-refractivity contribution >= 4 is 0 Å². The van der Waals surface area contributed by atoms with E-state index in [4.69, 9.17) is 9.84 Å². The molecule has 0 aromatic rings. The van der Waals surface area contributed by atoms with E-state index in [-0.39, 0.29) is 6.61 Å². The molecule has 1 rings (SSSR count). The van der Waals surface area contributed by atoms with Crippen LogP contribution < -0.4 is 0 Å². The van der Waals surface area contributed by atoms with E-state index < -0.39 is 0 Å². The molecule has 0 atom stereocenters. The summed E-state index contributed by atoms with van der Waals surface area (Å²) in [5.74, 6) is 1.40. The minimum Gasteiger partial charge on any atom is -0.501 e. The normalized spacial score (nSPS) is 17.1. The Morgan fingerprint density at radius 1 is 1.43 bits per heavy atom. The van der Waals surface area contributed by atoms with Crippen LogP contribution in [0.25, 0.3) is 0 Å². The summed E-state index contributed by atoms with van der Waals surface area (Å²) in [5.41, 5.74) is 2.24. The van der Waals surface area contributed by atoms with E-state index in [0.29, 0.717) is 12.3 Å². The van der Waals surface area contributed by atoms with Gasteiger partial charge in [-0.05, 0) is 23.1 Å². The lowest BCUT2D eigenvalue weighted by atomic mass is 10.0. The molecule has 1 N–H and O–H groups in total. The topological polar surface area (TPSA) is 29.5 Å². The van der Waals surface area contributed by atoms with Gasteiger partial charge in [0.15, 0.2) is 0 Å². The third-order valence-electron chi connectivity index (χ3n) is 2.37. The highest BCUT2D eigenvalue weighted by Gasteiger charge is 2.08. The molecule has 1 aliphatic carbocycles. The van der Waals surface area contributed by atoms with Gasteiger partial charge in [-0.15, -0.1) is 0 Å². The molecule has 78 valence electrons. The zero-order valence-electron chi connectivity index (χ0n) is 9.08. The Labute approximate surface area is 85.6 Å². The third kappa shape index (κ3) is 2.74. The number of hydrogen-bond acceptors (Lipinski definition) is 2.